The molecule has 0 unspecified atom stereocenters. The van der Waals surface area contributed by atoms with Crippen LogP contribution in [0.15, 0.2) is 24.3 Å². The smallest absolute Gasteiger partial charge is 0.244 e. The number of morpholine rings is 1. The molecule has 1 fully saturated rings. The summed E-state index contributed by atoms with van der Waals surface area (Å²) in [6.45, 7) is 8.64. The van der Waals surface area contributed by atoms with Crippen LogP contribution in [0.5, 0.6) is 0 Å². The zero-order chi connectivity index (χ0) is 17.7. The van der Waals surface area contributed by atoms with Crippen LogP contribution in [0, 0.1) is 0 Å². The maximum absolute atomic E-state index is 12.0. The number of nitrogens with one attached hydrogen (secondary N) is 1. The minimum absolute atomic E-state index is 0.137. The Bertz CT molecular complexity index is 597. The van der Waals surface area contributed by atoms with Gasteiger partial charge in [0, 0.05) is 41.8 Å². The molecule has 1 aliphatic heterocycles. The largest absolute Gasteiger partial charge is 0.373 e. The van der Waals surface area contributed by atoms with Crippen LogP contribution in [-0.2, 0) is 9.53 Å². The van der Waals surface area contributed by atoms with Crippen molar-refractivity contribution in [2.24, 2.45) is 0 Å². The molecule has 132 valence electrons. The predicted molar refractivity (Wildman–Crippen MR) is 99.5 cm³/mol. The lowest BCUT2D eigenvalue weighted by Gasteiger charge is -2.38. The molecule has 3 atom stereocenters. The van der Waals surface area contributed by atoms with Gasteiger partial charge in [-0.3, -0.25) is 9.69 Å². The number of nitrogens with zero attached hydrogens (tertiary/aromatic N) is 1. The molecule has 6 heteroatoms. The molecule has 0 spiro atoms. The Morgan fingerprint density at radius 1 is 1.38 bits per heavy atom. The second-order valence-corrected chi connectivity index (χ2v) is 7.15. The molecule has 1 saturated heterocycles. The van der Waals surface area contributed by atoms with Crippen molar-refractivity contribution in [2.75, 3.05) is 19.6 Å². The van der Waals surface area contributed by atoms with Crippen LogP contribution < -0.4 is 5.32 Å². The quantitative estimate of drug-likeness (QED) is 0.804. The monoisotopic (exact) mass is 370 g/mol. The van der Waals surface area contributed by atoms with Crippen LogP contribution in [-0.4, -0.2) is 48.7 Å². The van der Waals surface area contributed by atoms with Gasteiger partial charge in [-0.05, 0) is 44.5 Å². The van der Waals surface area contributed by atoms with E-state index in [1.54, 1.807) is 24.3 Å². The Kier molecular flexibility index (Phi) is 7.11. The van der Waals surface area contributed by atoms with E-state index in [2.05, 4.69) is 31.0 Å². The second kappa shape index (κ2) is 8.86. The van der Waals surface area contributed by atoms with Crippen LogP contribution in [0.25, 0.3) is 6.08 Å². The second-order valence-electron chi connectivity index (χ2n) is 6.30. The summed E-state index contributed by atoms with van der Waals surface area (Å²) < 4.78 is 5.74. The molecule has 0 aromatic heterocycles. The lowest BCUT2D eigenvalue weighted by molar-refractivity contribution is -0.117. The van der Waals surface area contributed by atoms with E-state index in [0.29, 0.717) is 16.6 Å². The maximum atomic E-state index is 12.0. The Morgan fingerprint density at radius 3 is 2.67 bits per heavy atom. The summed E-state index contributed by atoms with van der Waals surface area (Å²) in [5.74, 6) is -0.137. The summed E-state index contributed by atoms with van der Waals surface area (Å²) in [5, 5.41) is 4.03. The molecule has 1 N–H and O–H groups in total. The first kappa shape index (κ1) is 19.3. The van der Waals surface area contributed by atoms with Crippen LogP contribution in [0.4, 0.5) is 0 Å². The molecule has 0 aliphatic carbocycles. The summed E-state index contributed by atoms with van der Waals surface area (Å²) in [6.07, 6.45) is 3.63. The van der Waals surface area contributed by atoms with Gasteiger partial charge in [0.25, 0.3) is 0 Å². The topological polar surface area (TPSA) is 41.6 Å². The van der Waals surface area contributed by atoms with Gasteiger partial charge in [0.15, 0.2) is 0 Å². The van der Waals surface area contributed by atoms with Gasteiger partial charge in [-0.25, -0.2) is 0 Å². The predicted octanol–water partition coefficient (Wildman–Crippen LogP) is 3.62. The molecule has 1 amide bonds. The number of rotatable bonds is 5. The molecular weight excluding hydrogens is 347 g/mol. The van der Waals surface area contributed by atoms with Crippen LogP contribution in [0.3, 0.4) is 0 Å². The highest BCUT2D eigenvalue weighted by Crippen LogP contribution is 2.21. The summed E-state index contributed by atoms with van der Waals surface area (Å²) in [7, 11) is 0. The van der Waals surface area contributed by atoms with Crippen molar-refractivity contribution < 1.29 is 9.53 Å². The third kappa shape index (κ3) is 5.78. The van der Waals surface area contributed by atoms with Crippen molar-refractivity contribution in [3.8, 4) is 0 Å². The molecule has 24 heavy (non-hydrogen) atoms. The van der Waals surface area contributed by atoms with E-state index in [1.807, 2.05) is 0 Å². The number of benzene rings is 1. The molecular formula is C18H24Cl2N2O2. The molecule has 1 aromatic carbocycles. The van der Waals surface area contributed by atoms with Gasteiger partial charge in [0.05, 0.1) is 12.2 Å². The van der Waals surface area contributed by atoms with Crippen molar-refractivity contribution in [3.63, 3.8) is 0 Å². The van der Waals surface area contributed by atoms with Crippen LogP contribution in [0.2, 0.25) is 10.0 Å². The highest BCUT2D eigenvalue weighted by atomic mass is 35.5. The van der Waals surface area contributed by atoms with E-state index in [-0.39, 0.29) is 24.2 Å². The van der Waals surface area contributed by atoms with Gasteiger partial charge in [-0.1, -0.05) is 29.3 Å². The van der Waals surface area contributed by atoms with Crippen molar-refractivity contribution in [1.82, 2.24) is 10.2 Å². The Hall–Kier alpha value is -1.07. The molecule has 1 aliphatic rings. The van der Waals surface area contributed by atoms with Crippen molar-refractivity contribution in [3.05, 3.63) is 39.9 Å². The average Bonchev–Trinajstić information content (AvgIpc) is 2.50. The minimum atomic E-state index is -0.137. The summed E-state index contributed by atoms with van der Waals surface area (Å²) in [5.41, 5.74) is 0.764. The number of amides is 1. The third-order valence-corrected chi connectivity index (χ3v) is 4.58. The van der Waals surface area contributed by atoms with E-state index in [0.717, 1.165) is 18.7 Å². The SMILES string of the molecule is C[C@@H]1CN([C@H](C)CNC(=O)/C=C/c2ccc(Cl)cc2Cl)C[C@@H](C)O1. The number of carbonyl (C=O) groups is 1. The lowest BCUT2D eigenvalue weighted by Crippen LogP contribution is -2.52. The lowest BCUT2D eigenvalue weighted by atomic mass is 10.1. The van der Waals surface area contributed by atoms with Gasteiger partial charge in [0.2, 0.25) is 5.91 Å². The number of halogens is 2. The molecule has 0 saturated carbocycles. The first-order chi connectivity index (χ1) is 11.3. The Balaban J connectivity index is 1.83. The standard InChI is InChI=1S/C18H24Cl2N2O2/c1-12(22-10-13(2)24-14(3)11-22)9-21-18(23)7-5-15-4-6-16(19)8-17(15)20/h4-8,12-14H,9-11H2,1-3H3,(H,21,23)/b7-5+/t12-,13-,14-/m1/s1. The molecule has 4 nitrogen and oxygen atoms in total. The maximum Gasteiger partial charge on any atom is 0.244 e. The number of hydrogen-bond donors (Lipinski definition) is 1. The number of hydrogen-bond acceptors (Lipinski definition) is 3. The van der Waals surface area contributed by atoms with E-state index < -0.39 is 0 Å². The summed E-state index contributed by atoms with van der Waals surface area (Å²) >= 11 is 11.9. The van der Waals surface area contributed by atoms with Crippen LogP contribution >= 0.6 is 23.2 Å². The van der Waals surface area contributed by atoms with Gasteiger partial charge < -0.3 is 10.1 Å². The average molecular weight is 371 g/mol. The normalized spacial score (nSPS) is 23.4. The summed E-state index contributed by atoms with van der Waals surface area (Å²) in [6, 6.07) is 5.44. The van der Waals surface area contributed by atoms with Gasteiger partial charge >= 0.3 is 0 Å². The van der Waals surface area contributed by atoms with Gasteiger partial charge in [-0.15, -0.1) is 0 Å². The molecule has 2 rings (SSSR count). The minimum Gasteiger partial charge on any atom is -0.373 e. The van der Waals surface area contributed by atoms with Crippen LogP contribution in [0.1, 0.15) is 26.3 Å². The van der Waals surface area contributed by atoms with Gasteiger partial charge in [0.1, 0.15) is 0 Å². The highest BCUT2D eigenvalue weighted by molar-refractivity contribution is 6.35. The Morgan fingerprint density at radius 2 is 2.04 bits per heavy atom. The number of ether oxygens (including phenoxy) is 1. The number of carbonyl (C=O) groups excluding carboxylic acids is 1. The van der Waals surface area contributed by atoms with Crippen molar-refractivity contribution in [2.45, 2.75) is 39.0 Å². The van der Waals surface area contributed by atoms with E-state index in [9.17, 15) is 4.79 Å². The van der Waals surface area contributed by atoms with Crippen molar-refractivity contribution in [1.29, 1.82) is 0 Å². The van der Waals surface area contributed by atoms with Gasteiger partial charge in [-0.2, -0.15) is 0 Å². The summed E-state index contributed by atoms with van der Waals surface area (Å²) in [4.78, 5) is 14.3. The first-order valence-corrected chi connectivity index (χ1v) is 8.91. The van der Waals surface area contributed by atoms with E-state index >= 15 is 0 Å². The van der Waals surface area contributed by atoms with E-state index in [1.165, 1.54) is 6.08 Å². The molecule has 0 radical (unpaired) electrons. The molecule has 0 bridgehead atoms. The third-order valence-electron chi connectivity index (χ3n) is 4.02. The fourth-order valence-electron chi connectivity index (χ4n) is 2.82. The van der Waals surface area contributed by atoms with Crippen molar-refractivity contribution >= 4 is 35.2 Å². The zero-order valence-corrected chi connectivity index (χ0v) is 15.8. The zero-order valence-electron chi connectivity index (χ0n) is 14.3. The molecule has 1 heterocycles. The highest BCUT2D eigenvalue weighted by Gasteiger charge is 2.25. The first-order valence-electron chi connectivity index (χ1n) is 8.15. The fraction of sp³-hybridized carbons (Fsp3) is 0.500. The fourth-order valence-corrected chi connectivity index (χ4v) is 3.29. The Labute approximate surface area is 153 Å². The molecule has 1 aromatic rings. The van der Waals surface area contributed by atoms with E-state index in [4.69, 9.17) is 27.9 Å².